The highest BCUT2D eigenvalue weighted by molar-refractivity contribution is 6.14. The standard InChI is InChI=1S/C30H15F3N4O3/c1-14-2-8-24-22(10-14)34-26-18-6-4-17(13-21(18)29(39)36(24)26)40-16-5-7-19-20(12-16)27-35-23-11-15(30(31,32)33)3-9-25(23)37(27)28(19)38/h2-13H,1H3. The first kappa shape index (κ1) is 22.7. The molecule has 0 radical (unpaired) electrons. The molecule has 4 heterocycles. The largest absolute Gasteiger partial charge is 0.457 e. The molecule has 40 heavy (non-hydrogen) atoms. The van der Waals surface area contributed by atoms with Gasteiger partial charge in [-0.15, -0.1) is 0 Å². The summed E-state index contributed by atoms with van der Waals surface area (Å²) in [4.78, 5) is 35.4. The van der Waals surface area contributed by atoms with E-state index in [2.05, 4.69) is 9.97 Å². The molecule has 10 heteroatoms. The van der Waals surface area contributed by atoms with Crippen molar-refractivity contribution in [2.75, 3.05) is 0 Å². The van der Waals surface area contributed by atoms with Crippen LogP contribution in [0.2, 0.25) is 0 Å². The molecule has 0 N–H and O–H groups in total. The SMILES string of the molecule is Cc1ccc2c(c1)nc1n2C(=O)c2cc(Oc3ccc4c(c3)-c3nc5cc(C(F)(F)F)ccc5n3C4=O)ccc2-1. The molecule has 2 aliphatic rings. The monoisotopic (exact) mass is 536 g/mol. The zero-order valence-corrected chi connectivity index (χ0v) is 20.6. The van der Waals surface area contributed by atoms with Crippen LogP contribution in [0.25, 0.3) is 44.8 Å². The number of benzene rings is 4. The lowest BCUT2D eigenvalue weighted by Crippen LogP contribution is -2.07. The summed E-state index contributed by atoms with van der Waals surface area (Å²) in [6.45, 7) is 1.97. The van der Waals surface area contributed by atoms with E-state index in [1.165, 1.54) is 10.6 Å². The van der Waals surface area contributed by atoms with Crippen molar-refractivity contribution in [3.63, 3.8) is 0 Å². The Bertz CT molecular complexity index is 2140. The number of aromatic nitrogens is 4. The molecular weight excluding hydrogens is 521 g/mol. The number of ether oxygens (including phenoxy) is 1. The normalized spacial score (nSPS) is 13.6. The molecule has 194 valence electrons. The Morgan fingerprint density at radius 3 is 1.93 bits per heavy atom. The number of hydrogen-bond acceptors (Lipinski definition) is 5. The number of nitrogens with zero attached hydrogens (tertiary/aromatic N) is 4. The van der Waals surface area contributed by atoms with Gasteiger partial charge in [0.2, 0.25) is 0 Å². The lowest BCUT2D eigenvalue weighted by molar-refractivity contribution is -0.137. The average Bonchev–Trinajstić information content (AvgIpc) is 3.62. The predicted octanol–water partition coefficient (Wildman–Crippen LogP) is 6.84. The van der Waals surface area contributed by atoms with Crippen molar-refractivity contribution < 1.29 is 27.5 Å². The Kier molecular flexibility index (Phi) is 4.22. The summed E-state index contributed by atoms with van der Waals surface area (Å²) >= 11 is 0. The third-order valence-corrected chi connectivity index (χ3v) is 7.36. The summed E-state index contributed by atoms with van der Waals surface area (Å²) in [5, 5.41) is 0. The molecule has 7 nitrogen and oxygen atoms in total. The van der Waals surface area contributed by atoms with Crippen molar-refractivity contribution >= 4 is 33.9 Å². The number of hydrogen-bond donors (Lipinski definition) is 0. The summed E-state index contributed by atoms with van der Waals surface area (Å²) < 4.78 is 48.6. The van der Waals surface area contributed by atoms with Gasteiger partial charge in [0.25, 0.3) is 11.8 Å². The highest BCUT2D eigenvalue weighted by atomic mass is 19.4. The summed E-state index contributed by atoms with van der Waals surface area (Å²) in [7, 11) is 0. The van der Waals surface area contributed by atoms with Gasteiger partial charge in [0, 0.05) is 11.1 Å². The number of aryl methyl sites for hydroxylation is 1. The Morgan fingerprint density at radius 1 is 0.650 bits per heavy atom. The molecule has 0 atom stereocenters. The van der Waals surface area contributed by atoms with Gasteiger partial charge in [-0.25, -0.2) is 9.97 Å². The summed E-state index contributed by atoms with van der Waals surface area (Å²) in [6, 6.07) is 18.9. The minimum Gasteiger partial charge on any atom is -0.457 e. The van der Waals surface area contributed by atoms with Gasteiger partial charge in [0.15, 0.2) is 0 Å². The average molecular weight is 536 g/mol. The molecule has 6 aromatic rings. The second-order valence-corrected chi connectivity index (χ2v) is 9.86. The first-order valence-corrected chi connectivity index (χ1v) is 12.3. The topological polar surface area (TPSA) is 79.0 Å². The van der Waals surface area contributed by atoms with Gasteiger partial charge in [-0.3, -0.25) is 18.7 Å². The minimum absolute atomic E-state index is 0.0764. The van der Waals surface area contributed by atoms with Gasteiger partial charge < -0.3 is 4.74 Å². The first-order chi connectivity index (χ1) is 19.2. The third kappa shape index (κ3) is 3.01. The maximum Gasteiger partial charge on any atom is 0.416 e. The number of imidazole rings is 2. The smallest absolute Gasteiger partial charge is 0.416 e. The van der Waals surface area contributed by atoms with Crippen LogP contribution in [0.4, 0.5) is 13.2 Å². The van der Waals surface area contributed by atoms with Crippen LogP contribution in [0.5, 0.6) is 11.5 Å². The number of halogens is 3. The van der Waals surface area contributed by atoms with Gasteiger partial charge in [-0.1, -0.05) is 6.07 Å². The fraction of sp³-hybridized carbons (Fsp3) is 0.0667. The summed E-state index contributed by atoms with van der Waals surface area (Å²) in [5.74, 6) is 1.04. The van der Waals surface area contributed by atoms with Crippen molar-refractivity contribution in [1.29, 1.82) is 0 Å². The van der Waals surface area contributed by atoms with E-state index >= 15 is 0 Å². The van der Waals surface area contributed by atoms with E-state index in [1.54, 1.807) is 41.0 Å². The van der Waals surface area contributed by atoms with Crippen LogP contribution in [0.1, 0.15) is 31.8 Å². The van der Waals surface area contributed by atoms with Crippen molar-refractivity contribution in [2.45, 2.75) is 13.1 Å². The molecule has 2 aromatic heterocycles. The van der Waals surface area contributed by atoms with Gasteiger partial charge in [-0.05, 0) is 79.2 Å². The summed E-state index contributed by atoms with van der Waals surface area (Å²) in [6.07, 6.45) is -4.52. The summed E-state index contributed by atoms with van der Waals surface area (Å²) in [5.41, 5.74) is 4.06. The van der Waals surface area contributed by atoms with Gasteiger partial charge in [0.1, 0.15) is 23.1 Å². The zero-order valence-electron chi connectivity index (χ0n) is 20.6. The van der Waals surface area contributed by atoms with E-state index in [-0.39, 0.29) is 23.2 Å². The van der Waals surface area contributed by atoms with Crippen molar-refractivity contribution in [3.05, 3.63) is 95.1 Å². The molecule has 0 saturated carbocycles. The van der Waals surface area contributed by atoms with Gasteiger partial charge >= 0.3 is 6.18 Å². The number of rotatable bonds is 2. The number of alkyl halides is 3. The maximum atomic E-state index is 13.3. The number of carbonyl (C=O) groups excluding carboxylic acids is 2. The lowest BCUT2D eigenvalue weighted by Gasteiger charge is -2.08. The van der Waals surface area contributed by atoms with E-state index in [0.717, 1.165) is 28.7 Å². The molecule has 0 saturated heterocycles. The third-order valence-electron chi connectivity index (χ3n) is 7.36. The Hall–Kier alpha value is -5.25. The molecular formula is C30H15F3N4O3. The van der Waals surface area contributed by atoms with Crippen molar-refractivity contribution in [2.24, 2.45) is 0 Å². The molecule has 0 bridgehead atoms. The van der Waals surface area contributed by atoms with Crippen molar-refractivity contribution in [1.82, 2.24) is 19.1 Å². The Balaban J connectivity index is 1.15. The maximum absolute atomic E-state index is 13.3. The van der Waals surface area contributed by atoms with Gasteiger partial charge in [0.05, 0.1) is 38.8 Å². The quantitative estimate of drug-likeness (QED) is 0.242. The molecule has 0 unspecified atom stereocenters. The van der Waals surface area contributed by atoms with Crippen LogP contribution in [-0.4, -0.2) is 30.9 Å². The fourth-order valence-corrected chi connectivity index (χ4v) is 5.51. The van der Waals surface area contributed by atoms with Crippen LogP contribution in [0.3, 0.4) is 0 Å². The van der Waals surface area contributed by atoms with Crippen molar-refractivity contribution in [3.8, 4) is 34.3 Å². The zero-order chi connectivity index (χ0) is 27.5. The van der Waals surface area contributed by atoms with Crippen LogP contribution in [-0.2, 0) is 6.18 Å². The van der Waals surface area contributed by atoms with E-state index in [4.69, 9.17) is 4.74 Å². The predicted molar refractivity (Wildman–Crippen MR) is 140 cm³/mol. The molecule has 0 spiro atoms. The minimum atomic E-state index is -4.52. The highest BCUT2D eigenvalue weighted by Gasteiger charge is 2.35. The van der Waals surface area contributed by atoms with Crippen LogP contribution in [0.15, 0.2) is 72.8 Å². The molecule has 8 rings (SSSR count). The molecule has 0 aliphatic carbocycles. The second kappa shape index (κ2) is 7.44. The molecule has 2 aliphatic heterocycles. The molecule has 0 amide bonds. The van der Waals surface area contributed by atoms with E-state index in [1.807, 2.05) is 25.1 Å². The van der Waals surface area contributed by atoms with Gasteiger partial charge in [-0.2, -0.15) is 13.2 Å². The van der Waals surface area contributed by atoms with E-state index in [9.17, 15) is 22.8 Å². The van der Waals surface area contributed by atoms with E-state index in [0.29, 0.717) is 45.1 Å². The van der Waals surface area contributed by atoms with Crippen LogP contribution < -0.4 is 4.74 Å². The number of fused-ring (bicyclic) bond motifs is 10. The molecule has 0 fully saturated rings. The first-order valence-electron chi connectivity index (χ1n) is 12.3. The Labute approximate surface area is 223 Å². The highest BCUT2D eigenvalue weighted by Crippen LogP contribution is 2.41. The van der Waals surface area contributed by atoms with E-state index < -0.39 is 11.7 Å². The fourth-order valence-electron chi connectivity index (χ4n) is 5.51. The second-order valence-electron chi connectivity index (χ2n) is 9.86. The van der Waals surface area contributed by atoms with Crippen LogP contribution in [0, 0.1) is 6.92 Å². The Morgan fingerprint density at radius 2 is 1.23 bits per heavy atom. The molecule has 4 aromatic carbocycles. The number of carbonyl (C=O) groups is 2. The lowest BCUT2D eigenvalue weighted by atomic mass is 10.1. The van der Waals surface area contributed by atoms with Crippen LogP contribution >= 0.6 is 0 Å².